The van der Waals surface area contributed by atoms with Gasteiger partial charge in [-0.25, -0.2) is 0 Å². The maximum Gasteiger partial charge on any atom is 0.255 e. The second-order valence-electron chi connectivity index (χ2n) is 9.18. The number of rotatable bonds is 5. The summed E-state index contributed by atoms with van der Waals surface area (Å²) in [5.74, 6) is 0.0543. The molecule has 0 radical (unpaired) electrons. The van der Waals surface area contributed by atoms with Gasteiger partial charge in [-0.2, -0.15) is 5.26 Å². The van der Waals surface area contributed by atoms with E-state index in [1.54, 1.807) is 12.3 Å². The highest BCUT2D eigenvalue weighted by molar-refractivity contribution is 6.14. The normalized spacial score (nSPS) is 21.3. The second kappa shape index (κ2) is 6.71. The van der Waals surface area contributed by atoms with Crippen molar-refractivity contribution in [3.63, 3.8) is 0 Å². The molecule has 30 heavy (non-hydrogen) atoms. The predicted octanol–water partition coefficient (Wildman–Crippen LogP) is 3.44. The molecule has 7 heteroatoms. The third kappa shape index (κ3) is 3.27. The van der Waals surface area contributed by atoms with Gasteiger partial charge in [0.2, 0.25) is 0 Å². The first-order chi connectivity index (χ1) is 14.3. The van der Waals surface area contributed by atoms with E-state index in [-0.39, 0.29) is 17.9 Å². The number of anilines is 1. The fourth-order valence-corrected chi connectivity index (χ4v) is 4.23. The molecule has 0 spiro atoms. The predicted molar refractivity (Wildman–Crippen MR) is 115 cm³/mol. The molecule has 2 aliphatic carbocycles. The highest BCUT2D eigenvalue weighted by atomic mass is 16.3. The lowest BCUT2D eigenvalue weighted by molar-refractivity contribution is -0.0309. The molecule has 2 saturated carbocycles. The number of fused-ring (bicyclic) bond motifs is 3. The Balaban J connectivity index is 1.49. The Morgan fingerprint density at radius 2 is 2.07 bits per heavy atom. The maximum absolute atomic E-state index is 13.1. The van der Waals surface area contributed by atoms with Crippen LogP contribution in [0.2, 0.25) is 0 Å². The number of hydrogen-bond acceptors (Lipinski definition) is 5. The summed E-state index contributed by atoms with van der Waals surface area (Å²) in [5.41, 5.74) is 3.58. The van der Waals surface area contributed by atoms with Crippen LogP contribution in [-0.4, -0.2) is 38.7 Å². The molecular formula is C23H25N5O2. The van der Waals surface area contributed by atoms with Gasteiger partial charge in [-0.1, -0.05) is 0 Å². The van der Waals surface area contributed by atoms with Crippen LogP contribution in [0.4, 0.5) is 5.69 Å². The summed E-state index contributed by atoms with van der Waals surface area (Å²) in [6, 6.07) is 8.08. The van der Waals surface area contributed by atoms with Crippen LogP contribution in [0, 0.1) is 17.2 Å². The molecule has 0 saturated heterocycles. The molecule has 0 bridgehead atoms. The number of aromatic nitrogens is 2. The van der Waals surface area contributed by atoms with E-state index in [0.29, 0.717) is 17.2 Å². The molecular weight excluding hydrogens is 378 g/mol. The van der Waals surface area contributed by atoms with Gasteiger partial charge in [0.1, 0.15) is 0 Å². The standard InChI is InChI=1S/C23H25N5O2/c1-23(2,30)13-8-15(9-13)27-22(29)17-11-25-19-16-6-3-12(10-24)7-18(16)28-21(19)20(17)26-14-4-5-14/h3,6-7,11,13-15,28,30H,4-5,8-9H2,1-2H3,(H,25,26)(H,27,29). The topological polar surface area (TPSA) is 114 Å². The largest absolute Gasteiger partial charge is 0.390 e. The quantitative estimate of drug-likeness (QED) is 0.521. The lowest BCUT2D eigenvalue weighted by Gasteiger charge is -2.42. The molecule has 0 aliphatic heterocycles. The van der Waals surface area contributed by atoms with Gasteiger partial charge < -0.3 is 20.7 Å². The number of H-pyrrole nitrogens is 1. The van der Waals surface area contributed by atoms with Crippen molar-refractivity contribution in [1.29, 1.82) is 5.26 Å². The number of aliphatic hydroxyl groups is 1. The number of nitriles is 1. The van der Waals surface area contributed by atoms with E-state index in [4.69, 9.17) is 0 Å². The number of amides is 1. The number of pyridine rings is 1. The molecule has 2 heterocycles. The van der Waals surface area contributed by atoms with Gasteiger partial charge in [0.25, 0.3) is 5.91 Å². The highest BCUT2D eigenvalue weighted by Gasteiger charge is 2.39. The van der Waals surface area contributed by atoms with Gasteiger partial charge in [0.15, 0.2) is 0 Å². The first kappa shape index (κ1) is 18.9. The van der Waals surface area contributed by atoms with Crippen molar-refractivity contribution in [2.24, 2.45) is 5.92 Å². The van der Waals surface area contributed by atoms with Crippen molar-refractivity contribution in [2.75, 3.05) is 5.32 Å². The number of nitrogens with one attached hydrogen (secondary N) is 3. The summed E-state index contributed by atoms with van der Waals surface area (Å²) >= 11 is 0. The van der Waals surface area contributed by atoms with Crippen molar-refractivity contribution in [3.8, 4) is 6.07 Å². The van der Waals surface area contributed by atoms with Gasteiger partial charge in [-0.3, -0.25) is 9.78 Å². The van der Waals surface area contributed by atoms with E-state index in [9.17, 15) is 15.2 Å². The fraction of sp³-hybridized carbons (Fsp3) is 0.435. The lowest BCUT2D eigenvalue weighted by Crippen LogP contribution is -2.51. The number of carbonyl (C=O) groups is 1. The Labute approximate surface area is 174 Å². The van der Waals surface area contributed by atoms with Crippen LogP contribution in [-0.2, 0) is 0 Å². The zero-order valence-electron chi connectivity index (χ0n) is 17.1. The van der Waals surface area contributed by atoms with Crippen LogP contribution < -0.4 is 10.6 Å². The van der Waals surface area contributed by atoms with Crippen LogP contribution >= 0.6 is 0 Å². The van der Waals surface area contributed by atoms with Crippen molar-refractivity contribution in [3.05, 3.63) is 35.5 Å². The average Bonchev–Trinajstić information content (AvgIpc) is 3.41. The summed E-state index contributed by atoms with van der Waals surface area (Å²) in [7, 11) is 0. The van der Waals surface area contributed by atoms with Gasteiger partial charge in [0, 0.05) is 29.2 Å². The van der Waals surface area contributed by atoms with E-state index in [0.717, 1.165) is 53.3 Å². The van der Waals surface area contributed by atoms with Gasteiger partial charge in [0.05, 0.1) is 39.5 Å². The molecule has 5 rings (SSSR count). The third-order valence-electron chi connectivity index (χ3n) is 6.39. The van der Waals surface area contributed by atoms with Gasteiger partial charge in [-0.05, 0) is 63.6 Å². The minimum absolute atomic E-state index is 0.0688. The molecule has 1 amide bonds. The van der Waals surface area contributed by atoms with Crippen LogP contribution in [0.5, 0.6) is 0 Å². The van der Waals surface area contributed by atoms with E-state index < -0.39 is 5.60 Å². The van der Waals surface area contributed by atoms with Crippen molar-refractivity contribution in [2.45, 2.75) is 57.2 Å². The second-order valence-corrected chi connectivity index (χ2v) is 9.18. The van der Waals surface area contributed by atoms with E-state index in [1.807, 2.05) is 26.0 Å². The Morgan fingerprint density at radius 3 is 2.73 bits per heavy atom. The Bertz CT molecular complexity index is 1190. The van der Waals surface area contributed by atoms with Crippen molar-refractivity contribution >= 4 is 33.5 Å². The molecule has 154 valence electrons. The Morgan fingerprint density at radius 1 is 1.30 bits per heavy atom. The summed E-state index contributed by atoms with van der Waals surface area (Å²) in [5, 5.41) is 26.9. The number of nitrogens with zero attached hydrogens (tertiary/aromatic N) is 2. The highest BCUT2D eigenvalue weighted by Crippen LogP contribution is 2.38. The minimum Gasteiger partial charge on any atom is -0.390 e. The zero-order chi connectivity index (χ0) is 21.0. The molecule has 2 fully saturated rings. The van der Waals surface area contributed by atoms with Crippen molar-refractivity contribution in [1.82, 2.24) is 15.3 Å². The molecule has 3 aromatic rings. The first-order valence-electron chi connectivity index (χ1n) is 10.5. The molecule has 0 atom stereocenters. The Hall–Kier alpha value is -3.11. The minimum atomic E-state index is -0.715. The maximum atomic E-state index is 13.1. The number of aromatic amines is 1. The van der Waals surface area contributed by atoms with Gasteiger partial charge in [-0.15, -0.1) is 0 Å². The van der Waals surface area contributed by atoms with Crippen LogP contribution in [0.25, 0.3) is 21.9 Å². The monoisotopic (exact) mass is 403 g/mol. The summed E-state index contributed by atoms with van der Waals surface area (Å²) in [6.45, 7) is 3.64. The molecule has 0 unspecified atom stereocenters. The molecule has 2 aromatic heterocycles. The number of hydrogen-bond donors (Lipinski definition) is 4. The molecule has 2 aliphatic rings. The zero-order valence-corrected chi connectivity index (χ0v) is 17.1. The molecule has 1 aromatic carbocycles. The van der Waals surface area contributed by atoms with E-state index in [2.05, 4.69) is 26.7 Å². The molecule has 4 N–H and O–H groups in total. The number of benzene rings is 1. The lowest BCUT2D eigenvalue weighted by atomic mass is 9.71. The van der Waals surface area contributed by atoms with Crippen LogP contribution in [0.15, 0.2) is 24.4 Å². The summed E-state index contributed by atoms with van der Waals surface area (Å²) in [6.07, 6.45) is 5.36. The summed E-state index contributed by atoms with van der Waals surface area (Å²) in [4.78, 5) is 21.0. The SMILES string of the molecule is CC(C)(O)C1CC(NC(=O)c2cnc3c([nH]c4cc(C#N)ccc43)c2NC2CC2)C1. The van der Waals surface area contributed by atoms with Crippen molar-refractivity contribution < 1.29 is 9.90 Å². The first-order valence-corrected chi connectivity index (χ1v) is 10.5. The summed E-state index contributed by atoms with van der Waals surface area (Å²) < 4.78 is 0. The Kier molecular flexibility index (Phi) is 4.23. The third-order valence-corrected chi connectivity index (χ3v) is 6.39. The smallest absolute Gasteiger partial charge is 0.255 e. The number of carbonyl (C=O) groups excluding carboxylic acids is 1. The van der Waals surface area contributed by atoms with Crippen LogP contribution in [0.3, 0.4) is 0 Å². The average molecular weight is 403 g/mol. The fourth-order valence-electron chi connectivity index (χ4n) is 4.23. The van der Waals surface area contributed by atoms with E-state index >= 15 is 0 Å². The van der Waals surface area contributed by atoms with Gasteiger partial charge >= 0.3 is 0 Å². The van der Waals surface area contributed by atoms with Crippen LogP contribution in [0.1, 0.15) is 55.5 Å². The molecule has 7 nitrogen and oxygen atoms in total. The van der Waals surface area contributed by atoms with E-state index in [1.165, 1.54) is 0 Å².